The Labute approximate surface area is 222 Å². The monoisotopic (exact) mass is 503 g/mol. The van der Waals surface area contributed by atoms with Crippen LogP contribution >= 0.6 is 0 Å². The van der Waals surface area contributed by atoms with Crippen molar-refractivity contribution in [2.45, 2.75) is 90.3 Å². The zero-order chi connectivity index (χ0) is 25.8. The molecule has 5 heterocycles. The molecule has 208 valence electrons. The highest BCUT2D eigenvalue weighted by Crippen LogP contribution is 2.47. The van der Waals surface area contributed by atoms with Gasteiger partial charge < -0.3 is 24.2 Å². The largest absolute Gasteiger partial charge is 0.369 e. The van der Waals surface area contributed by atoms with Crippen LogP contribution in [-0.2, 0) is 9.47 Å². The van der Waals surface area contributed by atoms with Crippen molar-refractivity contribution in [1.82, 2.24) is 14.7 Å². The minimum absolute atomic E-state index is 0.275. The van der Waals surface area contributed by atoms with Gasteiger partial charge in [0.05, 0.1) is 24.4 Å². The van der Waals surface area contributed by atoms with E-state index >= 15 is 0 Å². The summed E-state index contributed by atoms with van der Waals surface area (Å²) in [5, 5.41) is 0. The van der Waals surface area contributed by atoms with Gasteiger partial charge in [0, 0.05) is 38.0 Å². The Morgan fingerprint density at radius 2 is 1.33 bits per heavy atom. The van der Waals surface area contributed by atoms with Crippen LogP contribution in [0.25, 0.3) is 0 Å². The van der Waals surface area contributed by atoms with Crippen LogP contribution in [-0.4, -0.2) is 99.0 Å². The molecule has 6 unspecified atom stereocenters. The molecule has 36 heavy (non-hydrogen) atoms. The number of epoxide rings is 2. The number of hydrogen-bond acceptors (Lipinski definition) is 5. The van der Waals surface area contributed by atoms with Gasteiger partial charge in [-0.2, -0.15) is 0 Å². The zero-order valence-corrected chi connectivity index (χ0v) is 24.6. The van der Waals surface area contributed by atoms with Gasteiger partial charge in [-0.3, -0.25) is 0 Å². The van der Waals surface area contributed by atoms with Crippen LogP contribution in [0, 0.1) is 23.7 Å². The summed E-state index contributed by atoms with van der Waals surface area (Å²) < 4.78 is 11.7. The van der Waals surface area contributed by atoms with Crippen LogP contribution in [0.4, 0.5) is 0 Å². The van der Waals surface area contributed by atoms with E-state index in [-0.39, 0.29) is 5.60 Å². The summed E-state index contributed by atoms with van der Waals surface area (Å²) in [6, 6.07) is 0. The highest BCUT2D eigenvalue weighted by Gasteiger charge is 2.55. The molecule has 0 bridgehead atoms. The number of likely N-dealkylation sites (tertiary alicyclic amines) is 3. The first kappa shape index (κ1) is 28.5. The molecule has 0 aromatic heterocycles. The van der Waals surface area contributed by atoms with Crippen molar-refractivity contribution >= 4 is 0 Å². The topological polar surface area (TPSA) is 34.8 Å². The SMILES string of the molecule is CC(C)=CCCC(C)C1CN(C)CCC12CO2.CC(CCCN1CCCC1)C1CN(C)CCC12CO2. The van der Waals surface area contributed by atoms with Gasteiger partial charge >= 0.3 is 0 Å². The standard InChI is InChI=1S/C16H30N2O.C15H27NO/c1-14(6-5-10-18-8-3-4-9-18)15-12-17(2)11-7-16(15)13-19-16;1-12(2)6-5-7-13(3)14-10-16(4)9-8-15(14)11-17-15/h14-15H,3-13H2,1-2H3;6,13-14H,5,7-11H2,1-4H3. The number of nitrogens with zero attached hydrogens (tertiary/aromatic N) is 3. The van der Waals surface area contributed by atoms with Crippen molar-refractivity contribution in [3.8, 4) is 0 Å². The molecule has 5 heteroatoms. The van der Waals surface area contributed by atoms with Crippen LogP contribution < -0.4 is 0 Å². The van der Waals surface area contributed by atoms with Gasteiger partial charge in [0.1, 0.15) is 0 Å². The van der Waals surface area contributed by atoms with Crippen molar-refractivity contribution in [2.24, 2.45) is 23.7 Å². The maximum atomic E-state index is 5.86. The Morgan fingerprint density at radius 3 is 1.81 bits per heavy atom. The van der Waals surface area contributed by atoms with E-state index in [1.807, 2.05) is 0 Å². The number of rotatable bonds is 9. The number of piperidine rings is 2. The Morgan fingerprint density at radius 1 is 0.833 bits per heavy atom. The Balaban J connectivity index is 0.000000170. The molecule has 6 atom stereocenters. The fourth-order valence-electron chi connectivity index (χ4n) is 7.30. The van der Waals surface area contributed by atoms with E-state index in [9.17, 15) is 0 Å². The average molecular weight is 504 g/mol. The minimum Gasteiger partial charge on any atom is -0.369 e. The predicted octanol–water partition coefficient (Wildman–Crippen LogP) is 5.31. The van der Waals surface area contributed by atoms with E-state index in [2.05, 4.69) is 62.6 Å². The first-order valence-electron chi connectivity index (χ1n) is 15.2. The molecule has 5 rings (SSSR count). The predicted molar refractivity (Wildman–Crippen MR) is 150 cm³/mol. The van der Waals surface area contributed by atoms with E-state index in [4.69, 9.17) is 9.47 Å². The normalized spacial score (nSPS) is 36.4. The second kappa shape index (κ2) is 12.6. The maximum Gasteiger partial charge on any atom is 0.0971 e. The van der Waals surface area contributed by atoms with Crippen molar-refractivity contribution in [1.29, 1.82) is 0 Å². The summed E-state index contributed by atoms with van der Waals surface area (Å²) in [6.45, 7) is 20.2. The van der Waals surface area contributed by atoms with Gasteiger partial charge in [-0.15, -0.1) is 0 Å². The summed E-state index contributed by atoms with van der Waals surface area (Å²) in [4.78, 5) is 7.60. The third-order valence-corrected chi connectivity index (χ3v) is 10.1. The molecule has 0 aliphatic carbocycles. The first-order valence-corrected chi connectivity index (χ1v) is 15.2. The average Bonchev–Trinajstić information content (AvgIpc) is 3.75. The van der Waals surface area contributed by atoms with E-state index in [0.717, 1.165) is 36.9 Å². The lowest BCUT2D eigenvalue weighted by Crippen LogP contribution is -2.46. The van der Waals surface area contributed by atoms with Crippen LogP contribution in [0.5, 0.6) is 0 Å². The molecular weight excluding hydrogens is 446 g/mol. The molecule has 0 aromatic carbocycles. The molecule has 0 radical (unpaired) electrons. The van der Waals surface area contributed by atoms with E-state index in [1.165, 1.54) is 103 Å². The van der Waals surface area contributed by atoms with Crippen LogP contribution in [0.2, 0.25) is 0 Å². The number of hydrogen-bond donors (Lipinski definition) is 0. The highest BCUT2D eigenvalue weighted by atomic mass is 16.6. The van der Waals surface area contributed by atoms with Crippen molar-refractivity contribution in [2.75, 3.05) is 73.1 Å². The smallest absolute Gasteiger partial charge is 0.0971 e. The fourth-order valence-corrected chi connectivity index (χ4v) is 7.30. The third kappa shape index (κ3) is 7.56. The van der Waals surface area contributed by atoms with Gasteiger partial charge in [0.15, 0.2) is 0 Å². The summed E-state index contributed by atoms with van der Waals surface area (Å²) >= 11 is 0. The highest BCUT2D eigenvalue weighted by molar-refractivity contribution is 5.05. The molecule has 0 amide bonds. The van der Waals surface area contributed by atoms with Crippen LogP contribution in [0.3, 0.4) is 0 Å². The second-order valence-electron chi connectivity index (χ2n) is 13.4. The van der Waals surface area contributed by atoms with E-state index < -0.39 is 0 Å². The molecule has 5 fully saturated rings. The van der Waals surface area contributed by atoms with Crippen LogP contribution in [0.15, 0.2) is 11.6 Å². The molecule has 5 aliphatic heterocycles. The Bertz CT molecular complexity index is 707. The molecule has 5 aliphatic rings. The minimum atomic E-state index is 0.275. The van der Waals surface area contributed by atoms with E-state index in [0.29, 0.717) is 5.60 Å². The lowest BCUT2D eigenvalue weighted by molar-refractivity contribution is 0.0629. The molecule has 5 nitrogen and oxygen atoms in total. The van der Waals surface area contributed by atoms with Crippen molar-refractivity contribution in [3.05, 3.63) is 11.6 Å². The molecule has 2 spiro atoms. The Hall–Kier alpha value is -0.460. The Kier molecular flexibility index (Phi) is 9.99. The van der Waals surface area contributed by atoms with Gasteiger partial charge in [-0.1, -0.05) is 25.5 Å². The molecule has 5 saturated heterocycles. The molecular formula is C31H57N3O2. The third-order valence-electron chi connectivity index (χ3n) is 10.1. The van der Waals surface area contributed by atoms with Gasteiger partial charge in [0.2, 0.25) is 0 Å². The van der Waals surface area contributed by atoms with Crippen molar-refractivity contribution in [3.63, 3.8) is 0 Å². The number of ether oxygens (including phenoxy) is 2. The van der Waals surface area contributed by atoms with Crippen molar-refractivity contribution < 1.29 is 9.47 Å². The fraction of sp³-hybridized carbons (Fsp3) is 0.935. The summed E-state index contributed by atoms with van der Waals surface area (Å²) in [7, 11) is 4.50. The number of allylic oxidation sites excluding steroid dienone is 2. The molecule has 0 saturated carbocycles. The van der Waals surface area contributed by atoms with Gasteiger partial charge in [0.25, 0.3) is 0 Å². The summed E-state index contributed by atoms with van der Waals surface area (Å²) in [5.74, 6) is 3.10. The molecule has 0 N–H and O–H groups in total. The summed E-state index contributed by atoms with van der Waals surface area (Å²) in [6.07, 6.45) is 13.0. The first-order chi connectivity index (χ1) is 17.2. The second-order valence-corrected chi connectivity index (χ2v) is 13.4. The zero-order valence-electron chi connectivity index (χ0n) is 24.6. The lowest BCUT2D eigenvalue weighted by Gasteiger charge is -2.38. The maximum absolute atomic E-state index is 5.86. The molecule has 0 aromatic rings. The van der Waals surface area contributed by atoms with Crippen LogP contribution in [0.1, 0.15) is 79.1 Å². The summed E-state index contributed by atoms with van der Waals surface area (Å²) in [5.41, 5.74) is 2.01. The van der Waals surface area contributed by atoms with E-state index in [1.54, 1.807) is 0 Å². The lowest BCUT2D eigenvalue weighted by atomic mass is 9.76. The van der Waals surface area contributed by atoms with Gasteiger partial charge in [-0.25, -0.2) is 0 Å². The quantitative estimate of drug-likeness (QED) is 0.315. The van der Waals surface area contributed by atoms with Gasteiger partial charge in [-0.05, 0) is 111 Å².